The number of hydrogen-bond acceptors (Lipinski definition) is 12. The van der Waals surface area contributed by atoms with E-state index >= 15 is 0 Å². The second-order valence-electron chi connectivity index (χ2n) is 16.7. The fraction of sp³-hybridized carbons (Fsp3) is 0.610. The van der Waals surface area contributed by atoms with E-state index in [1.54, 1.807) is 0 Å². The summed E-state index contributed by atoms with van der Waals surface area (Å²) >= 11 is 0. The molecule has 1 aromatic carbocycles. The fourth-order valence-electron chi connectivity index (χ4n) is 8.15. The lowest BCUT2D eigenvalue weighted by atomic mass is 10.0. The highest BCUT2D eigenvalue weighted by molar-refractivity contribution is 5.99. The molecule has 3 aliphatic rings. The number of primary amides is 1. The second kappa shape index (κ2) is 22.2. The number of phenols is 1. The Balaban J connectivity index is 1.48. The molecule has 8 amide bonds. The minimum Gasteiger partial charge on any atom is -0.508 e. The predicted molar refractivity (Wildman–Crippen MR) is 221 cm³/mol. The molecule has 3 aliphatic heterocycles. The molecule has 0 aliphatic carbocycles. The van der Waals surface area contributed by atoms with Crippen LogP contribution in [-0.4, -0.2) is 157 Å². The van der Waals surface area contributed by atoms with Crippen molar-refractivity contribution >= 4 is 59.2 Å². The van der Waals surface area contributed by atoms with Gasteiger partial charge in [-0.25, -0.2) is 4.79 Å². The smallest absolute Gasteiger partial charge is 0.326 e. The lowest BCUT2D eigenvalue weighted by Crippen LogP contribution is -2.59. The Labute approximate surface area is 363 Å². The first-order valence-corrected chi connectivity index (χ1v) is 21.1. The molecule has 63 heavy (non-hydrogen) atoms. The van der Waals surface area contributed by atoms with Crippen LogP contribution in [0.5, 0.6) is 5.75 Å². The first kappa shape index (κ1) is 49.3. The van der Waals surface area contributed by atoms with Crippen LogP contribution in [0, 0.1) is 5.92 Å². The number of phenolic OH excluding ortho intramolecular Hbond substituents is 1. The Morgan fingerprint density at radius 3 is 1.73 bits per heavy atom. The zero-order valence-electron chi connectivity index (χ0n) is 35.6. The quantitative estimate of drug-likeness (QED) is 0.0664. The van der Waals surface area contributed by atoms with Crippen molar-refractivity contribution in [2.45, 2.75) is 133 Å². The number of amides is 8. The maximum atomic E-state index is 14.3. The number of hydrogen-bond donors (Lipinski definition) is 9. The zero-order valence-corrected chi connectivity index (χ0v) is 35.6. The molecule has 0 bridgehead atoms. The van der Waals surface area contributed by atoms with Crippen molar-refractivity contribution in [3.8, 4) is 5.75 Å². The molecule has 11 N–H and O–H groups in total. The van der Waals surface area contributed by atoms with Crippen molar-refractivity contribution in [1.82, 2.24) is 36.0 Å². The third kappa shape index (κ3) is 13.3. The monoisotopic (exact) mass is 885 g/mol. The molecule has 0 aromatic heterocycles. The molecule has 4 rings (SSSR count). The van der Waals surface area contributed by atoms with Gasteiger partial charge in [0.2, 0.25) is 47.3 Å². The number of carboxylic acids is 2. The highest BCUT2D eigenvalue weighted by atomic mass is 16.4. The fourth-order valence-corrected chi connectivity index (χ4v) is 8.15. The lowest BCUT2D eigenvalue weighted by molar-refractivity contribution is -0.151. The Kier molecular flexibility index (Phi) is 17.4. The van der Waals surface area contributed by atoms with E-state index in [1.165, 1.54) is 45.9 Å². The number of nitrogens with one attached hydrogen (secondary N) is 4. The van der Waals surface area contributed by atoms with Gasteiger partial charge < -0.3 is 62.8 Å². The first-order valence-electron chi connectivity index (χ1n) is 21.1. The van der Waals surface area contributed by atoms with Crippen molar-refractivity contribution in [2.75, 3.05) is 19.6 Å². The number of carbonyl (C=O) groups is 10. The Morgan fingerprint density at radius 1 is 0.667 bits per heavy atom. The molecule has 22 heteroatoms. The molecule has 0 saturated carbocycles. The zero-order chi connectivity index (χ0) is 46.7. The van der Waals surface area contributed by atoms with Gasteiger partial charge in [0.25, 0.3) is 0 Å². The third-order valence-corrected chi connectivity index (χ3v) is 11.3. The van der Waals surface area contributed by atoms with Crippen LogP contribution in [-0.2, 0) is 54.4 Å². The first-order chi connectivity index (χ1) is 29.7. The highest BCUT2D eigenvalue weighted by Crippen LogP contribution is 2.29. The van der Waals surface area contributed by atoms with Crippen LogP contribution < -0.4 is 32.7 Å². The number of aromatic hydroxyl groups is 1. The van der Waals surface area contributed by atoms with Crippen molar-refractivity contribution < 1.29 is 63.3 Å². The van der Waals surface area contributed by atoms with Gasteiger partial charge in [-0.2, -0.15) is 0 Å². The van der Waals surface area contributed by atoms with Gasteiger partial charge in [0.1, 0.15) is 48.0 Å². The number of carbonyl (C=O) groups excluding carboxylic acids is 8. The second-order valence-corrected chi connectivity index (χ2v) is 16.7. The molecular weight excluding hydrogens is 827 g/mol. The van der Waals surface area contributed by atoms with Crippen molar-refractivity contribution in [3.63, 3.8) is 0 Å². The molecule has 22 nitrogen and oxygen atoms in total. The van der Waals surface area contributed by atoms with E-state index in [1.807, 2.05) is 13.8 Å². The summed E-state index contributed by atoms with van der Waals surface area (Å²) in [5.74, 6) is -8.82. The summed E-state index contributed by atoms with van der Waals surface area (Å²) in [5.41, 5.74) is 11.9. The van der Waals surface area contributed by atoms with Gasteiger partial charge in [-0.3, -0.25) is 43.2 Å². The van der Waals surface area contributed by atoms with Gasteiger partial charge in [-0.15, -0.1) is 0 Å². The van der Waals surface area contributed by atoms with Crippen LogP contribution in [0.4, 0.5) is 0 Å². The molecule has 0 spiro atoms. The van der Waals surface area contributed by atoms with Gasteiger partial charge in [-0.05, 0) is 75.5 Å². The molecule has 0 unspecified atom stereocenters. The van der Waals surface area contributed by atoms with Crippen LogP contribution in [0.2, 0.25) is 0 Å². The summed E-state index contributed by atoms with van der Waals surface area (Å²) in [5, 5.41) is 37.8. The predicted octanol–water partition coefficient (Wildman–Crippen LogP) is -2.33. The van der Waals surface area contributed by atoms with Gasteiger partial charge in [0, 0.05) is 26.1 Å². The maximum absolute atomic E-state index is 14.3. The largest absolute Gasteiger partial charge is 0.508 e. The summed E-state index contributed by atoms with van der Waals surface area (Å²) in [6, 6.07) is -4.13. The average Bonchev–Trinajstić information content (AvgIpc) is 4.01. The number of aliphatic carboxylic acids is 2. The van der Waals surface area contributed by atoms with Gasteiger partial charge in [0.15, 0.2) is 0 Å². The molecule has 0 radical (unpaired) electrons. The molecule has 1 aromatic rings. The number of nitrogens with zero attached hydrogens (tertiary/aromatic N) is 3. The normalized spacial score (nSPS) is 20.8. The van der Waals surface area contributed by atoms with Crippen LogP contribution in [0.15, 0.2) is 24.3 Å². The lowest BCUT2D eigenvalue weighted by Gasteiger charge is -2.35. The number of nitrogens with two attached hydrogens (primary N) is 2. The molecule has 8 atom stereocenters. The van der Waals surface area contributed by atoms with E-state index in [0.717, 1.165) is 0 Å². The van der Waals surface area contributed by atoms with Crippen LogP contribution in [0.25, 0.3) is 0 Å². The van der Waals surface area contributed by atoms with Crippen molar-refractivity contribution in [3.05, 3.63) is 29.8 Å². The van der Waals surface area contributed by atoms with Gasteiger partial charge in [0.05, 0.1) is 18.9 Å². The van der Waals surface area contributed by atoms with Gasteiger partial charge >= 0.3 is 11.9 Å². The van der Waals surface area contributed by atoms with Gasteiger partial charge in [-0.1, -0.05) is 26.0 Å². The summed E-state index contributed by atoms with van der Waals surface area (Å²) in [6.45, 7) is 5.48. The van der Waals surface area contributed by atoms with Crippen LogP contribution >= 0.6 is 0 Å². The summed E-state index contributed by atoms with van der Waals surface area (Å²) < 4.78 is 0. The third-order valence-electron chi connectivity index (χ3n) is 11.3. The Hall–Kier alpha value is -6.32. The molecule has 3 saturated heterocycles. The van der Waals surface area contributed by atoms with E-state index in [4.69, 9.17) is 16.6 Å². The van der Waals surface area contributed by atoms with E-state index in [2.05, 4.69) is 21.3 Å². The topological polar surface area (TPSA) is 341 Å². The summed E-state index contributed by atoms with van der Waals surface area (Å²) in [7, 11) is 0. The van der Waals surface area contributed by atoms with Crippen molar-refractivity contribution in [2.24, 2.45) is 17.4 Å². The molecule has 3 fully saturated rings. The number of rotatable bonds is 20. The summed E-state index contributed by atoms with van der Waals surface area (Å²) in [4.78, 5) is 134. The Bertz CT molecular complexity index is 1910. The SMILES string of the molecule is CC(C)C[C@H](N)C(=O)N[C@@H](CC(N)=O)C(=O)N1CCC[C@H]1C(=O)N1CCC[C@H]1C(=O)N1CCC[C@H]1C(=O)N[C@@H](Cc1ccc(O)cc1)C(=O)N[C@@H](C)C(=O)N[C@@H](CC(=O)O)C(=O)O. The van der Waals surface area contributed by atoms with E-state index in [-0.39, 0.29) is 57.0 Å². The van der Waals surface area contributed by atoms with Crippen LogP contribution in [0.3, 0.4) is 0 Å². The standard InChI is InChI=1S/C41H59N9O13/c1-21(2)17-25(42)35(56)46-27(19-32(43)52)38(59)49-15-5-8-30(49)40(61)50-16-6-9-31(50)39(60)48-14-4-7-29(48)37(58)45-26(18-23-10-12-24(51)13-11-23)36(57)44-22(3)34(55)47-28(41(62)63)20-33(53)54/h10-13,21-22,25-31,51H,4-9,14-20,42H2,1-3H3,(H2,43,52)(H,44,57)(H,45,58)(H,46,56)(H,47,55)(H,53,54)(H,62,63)/t22-,25-,26-,27-,28-,29-,30-,31-/m0/s1. The minimum absolute atomic E-state index is 0.0614. The number of likely N-dealkylation sites (tertiary alicyclic amines) is 3. The highest BCUT2D eigenvalue weighted by Gasteiger charge is 2.47. The van der Waals surface area contributed by atoms with Crippen molar-refractivity contribution in [1.29, 1.82) is 0 Å². The Morgan fingerprint density at radius 2 is 1.19 bits per heavy atom. The summed E-state index contributed by atoms with van der Waals surface area (Å²) in [6.07, 6.45) is 0.780. The molecule has 346 valence electrons. The number of carboxylic acid groups (broad SMARTS) is 2. The maximum Gasteiger partial charge on any atom is 0.326 e. The van der Waals surface area contributed by atoms with E-state index in [9.17, 15) is 58.2 Å². The van der Waals surface area contributed by atoms with Crippen LogP contribution in [0.1, 0.15) is 84.1 Å². The van der Waals surface area contributed by atoms with E-state index in [0.29, 0.717) is 31.2 Å². The average molecular weight is 886 g/mol. The minimum atomic E-state index is -1.78. The molecule has 3 heterocycles. The molecular formula is C41H59N9O13. The van der Waals surface area contributed by atoms with E-state index < -0.39 is 120 Å². The number of benzene rings is 1.